The first-order valence-electron chi connectivity index (χ1n) is 4.76. The normalized spacial score (nSPS) is 11.3. The first-order chi connectivity index (χ1) is 8.31. The van der Waals surface area contributed by atoms with Crippen molar-refractivity contribution in [1.29, 1.82) is 5.26 Å². The monoisotopic (exact) mass is 295 g/mol. The van der Waals surface area contributed by atoms with Crippen LogP contribution in [0.15, 0.2) is 17.0 Å². The molecule has 0 radical (unpaired) electrons. The lowest BCUT2D eigenvalue weighted by Gasteiger charge is -2.13. The van der Waals surface area contributed by atoms with Crippen LogP contribution in [0, 0.1) is 11.3 Å². The van der Waals surface area contributed by atoms with Crippen LogP contribution in [-0.4, -0.2) is 15.0 Å². The molecule has 18 heavy (non-hydrogen) atoms. The van der Waals surface area contributed by atoms with Crippen molar-refractivity contribution >= 4 is 19.7 Å². The Balaban J connectivity index is 3.61. The highest BCUT2D eigenvalue weighted by Gasteiger charge is 2.24. The maximum atomic E-state index is 12.3. The van der Waals surface area contributed by atoms with Crippen molar-refractivity contribution in [3.05, 3.63) is 23.3 Å². The molecule has 0 bridgehead atoms. The summed E-state index contributed by atoms with van der Waals surface area (Å²) >= 11 is 0. The molecule has 1 aromatic carbocycles. The van der Waals surface area contributed by atoms with Crippen molar-refractivity contribution < 1.29 is 21.9 Å². The SMILES string of the molecule is CCc1c(C#N)ccc(S(=O)(=O)Cl)c1OC(F)F. The van der Waals surface area contributed by atoms with Crippen molar-refractivity contribution in [2.75, 3.05) is 0 Å². The summed E-state index contributed by atoms with van der Waals surface area (Å²) in [5, 5.41) is 8.83. The number of hydrogen-bond donors (Lipinski definition) is 0. The fourth-order valence-corrected chi connectivity index (χ4v) is 2.46. The number of benzene rings is 1. The fourth-order valence-electron chi connectivity index (χ4n) is 1.47. The second-order valence-corrected chi connectivity index (χ2v) is 5.74. The lowest BCUT2D eigenvalue weighted by Crippen LogP contribution is -2.09. The van der Waals surface area contributed by atoms with E-state index in [-0.39, 0.29) is 17.5 Å². The highest BCUT2D eigenvalue weighted by molar-refractivity contribution is 8.13. The maximum absolute atomic E-state index is 12.3. The fraction of sp³-hybridized carbons (Fsp3) is 0.300. The number of hydrogen-bond acceptors (Lipinski definition) is 4. The molecule has 0 spiro atoms. The van der Waals surface area contributed by atoms with Gasteiger partial charge in [0.2, 0.25) is 0 Å². The van der Waals surface area contributed by atoms with Crippen LogP contribution in [-0.2, 0) is 15.5 Å². The predicted molar refractivity (Wildman–Crippen MR) is 60.2 cm³/mol. The minimum absolute atomic E-state index is 0.0669. The predicted octanol–water partition coefficient (Wildman–Crippen LogP) is 2.65. The number of rotatable bonds is 4. The zero-order valence-corrected chi connectivity index (χ0v) is 10.7. The van der Waals surface area contributed by atoms with Crippen LogP contribution in [0.4, 0.5) is 8.78 Å². The van der Waals surface area contributed by atoms with E-state index in [0.29, 0.717) is 0 Å². The van der Waals surface area contributed by atoms with Crippen molar-refractivity contribution in [2.45, 2.75) is 24.9 Å². The molecule has 0 saturated heterocycles. The molecule has 0 aromatic heterocycles. The van der Waals surface area contributed by atoms with Gasteiger partial charge in [0.1, 0.15) is 4.90 Å². The van der Waals surface area contributed by atoms with E-state index in [1.54, 1.807) is 13.0 Å². The summed E-state index contributed by atoms with van der Waals surface area (Å²) in [7, 11) is 0.904. The first kappa shape index (κ1) is 14.7. The molecule has 0 heterocycles. The molecule has 0 aliphatic heterocycles. The van der Waals surface area contributed by atoms with Gasteiger partial charge in [0.25, 0.3) is 9.05 Å². The molecule has 1 aromatic rings. The molecule has 0 fully saturated rings. The van der Waals surface area contributed by atoms with Crippen LogP contribution in [0.25, 0.3) is 0 Å². The number of nitrogens with zero attached hydrogens (tertiary/aromatic N) is 1. The van der Waals surface area contributed by atoms with Crippen LogP contribution in [0.3, 0.4) is 0 Å². The van der Waals surface area contributed by atoms with E-state index in [9.17, 15) is 17.2 Å². The van der Waals surface area contributed by atoms with E-state index < -0.39 is 26.3 Å². The highest BCUT2D eigenvalue weighted by Crippen LogP contribution is 2.34. The number of halogens is 3. The highest BCUT2D eigenvalue weighted by atomic mass is 35.7. The topological polar surface area (TPSA) is 67.2 Å². The zero-order valence-electron chi connectivity index (χ0n) is 9.15. The maximum Gasteiger partial charge on any atom is 0.387 e. The van der Waals surface area contributed by atoms with Crippen molar-refractivity contribution in [3.8, 4) is 11.8 Å². The third-order valence-corrected chi connectivity index (χ3v) is 3.51. The average Bonchev–Trinajstić information content (AvgIpc) is 2.25. The van der Waals surface area contributed by atoms with Gasteiger partial charge in [0.15, 0.2) is 5.75 Å². The Labute approximate surface area is 107 Å². The van der Waals surface area contributed by atoms with Gasteiger partial charge in [-0.2, -0.15) is 14.0 Å². The Bertz CT molecular complexity index is 596. The van der Waals surface area contributed by atoms with Gasteiger partial charge in [-0.05, 0) is 18.6 Å². The Kier molecular flexibility index (Phi) is 4.48. The van der Waals surface area contributed by atoms with Gasteiger partial charge in [-0.1, -0.05) is 6.92 Å². The summed E-state index contributed by atoms with van der Waals surface area (Å²) in [6.45, 7) is -1.62. The molecule has 98 valence electrons. The van der Waals surface area contributed by atoms with E-state index >= 15 is 0 Å². The third kappa shape index (κ3) is 3.09. The van der Waals surface area contributed by atoms with E-state index in [4.69, 9.17) is 15.9 Å². The largest absolute Gasteiger partial charge is 0.433 e. The van der Waals surface area contributed by atoms with Gasteiger partial charge in [0.05, 0.1) is 11.6 Å². The van der Waals surface area contributed by atoms with Gasteiger partial charge >= 0.3 is 6.61 Å². The Hall–Kier alpha value is -1.39. The molecule has 0 N–H and O–H groups in total. The molecule has 0 aliphatic carbocycles. The van der Waals surface area contributed by atoms with Gasteiger partial charge in [-0.3, -0.25) is 0 Å². The Morgan fingerprint density at radius 2 is 2.11 bits per heavy atom. The molecular weight excluding hydrogens is 288 g/mol. The molecule has 1 rings (SSSR count). The van der Waals surface area contributed by atoms with Gasteiger partial charge in [0, 0.05) is 16.2 Å². The van der Waals surface area contributed by atoms with Gasteiger partial charge < -0.3 is 4.74 Å². The van der Waals surface area contributed by atoms with Crippen LogP contribution in [0.2, 0.25) is 0 Å². The smallest absolute Gasteiger partial charge is 0.387 e. The molecule has 0 saturated carbocycles. The first-order valence-corrected chi connectivity index (χ1v) is 7.07. The summed E-state index contributed by atoms with van der Waals surface area (Å²) in [4.78, 5) is -0.569. The lowest BCUT2D eigenvalue weighted by atomic mass is 10.1. The number of ether oxygens (including phenoxy) is 1. The standard InChI is InChI=1S/C10H8ClF2NO3S/c1-2-7-6(5-14)3-4-8(18(11,15)16)9(7)17-10(12)13/h3-4,10H,2H2,1H3. The van der Waals surface area contributed by atoms with E-state index in [1.165, 1.54) is 6.07 Å². The van der Waals surface area contributed by atoms with E-state index in [1.807, 2.05) is 0 Å². The molecule has 0 atom stereocenters. The second kappa shape index (κ2) is 5.50. The summed E-state index contributed by atoms with van der Waals surface area (Å²) in [6, 6.07) is 3.95. The van der Waals surface area contributed by atoms with Crippen LogP contribution in [0.5, 0.6) is 5.75 Å². The molecule has 0 unspecified atom stereocenters. The molecule has 0 aliphatic rings. The summed E-state index contributed by atoms with van der Waals surface area (Å²) < 4.78 is 51.3. The second-order valence-electron chi connectivity index (χ2n) is 3.20. The molecule has 0 amide bonds. The quantitative estimate of drug-likeness (QED) is 0.801. The molecular formula is C10H8ClF2NO3S. The Morgan fingerprint density at radius 1 is 1.50 bits per heavy atom. The third-order valence-electron chi connectivity index (χ3n) is 2.17. The number of nitriles is 1. The van der Waals surface area contributed by atoms with Crippen LogP contribution >= 0.6 is 10.7 Å². The van der Waals surface area contributed by atoms with E-state index in [0.717, 1.165) is 6.07 Å². The zero-order chi connectivity index (χ0) is 13.9. The van der Waals surface area contributed by atoms with Crippen molar-refractivity contribution in [1.82, 2.24) is 0 Å². The van der Waals surface area contributed by atoms with Gasteiger partial charge in [-0.15, -0.1) is 0 Å². The Morgan fingerprint density at radius 3 is 2.50 bits per heavy atom. The average molecular weight is 296 g/mol. The minimum Gasteiger partial charge on any atom is -0.433 e. The minimum atomic E-state index is -4.23. The van der Waals surface area contributed by atoms with Crippen LogP contribution in [0.1, 0.15) is 18.1 Å². The van der Waals surface area contributed by atoms with Crippen molar-refractivity contribution in [2.24, 2.45) is 0 Å². The molecule has 4 nitrogen and oxygen atoms in total. The van der Waals surface area contributed by atoms with E-state index in [2.05, 4.69) is 4.74 Å². The number of alkyl halides is 2. The van der Waals surface area contributed by atoms with Crippen LogP contribution < -0.4 is 4.74 Å². The van der Waals surface area contributed by atoms with Crippen molar-refractivity contribution in [3.63, 3.8) is 0 Å². The summed E-state index contributed by atoms with van der Waals surface area (Å²) in [6.07, 6.45) is 0.158. The lowest BCUT2D eigenvalue weighted by molar-refractivity contribution is -0.0523. The van der Waals surface area contributed by atoms with Gasteiger partial charge in [-0.25, -0.2) is 8.42 Å². The summed E-state index contributed by atoms with van der Waals surface area (Å²) in [5.41, 5.74) is 0.150. The summed E-state index contributed by atoms with van der Waals surface area (Å²) in [5.74, 6) is -0.568. The molecule has 8 heteroatoms.